The highest BCUT2D eigenvalue weighted by atomic mass is 35.5. The maximum atomic E-state index is 10.8. The Kier molecular flexibility index (Phi) is 5.38. The van der Waals surface area contributed by atoms with Gasteiger partial charge in [-0.1, -0.05) is 0 Å². The van der Waals surface area contributed by atoms with E-state index in [2.05, 4.69) is 9.88 Å². The summed E-state index contributed by atoms with van der Waals surface area (Å²) in [5.74, 6) is -0.794. The van der Waals surface area contributed by atoms with Crippen LogP contribution in [0, 0.1) is 5.92 Å². The first-order chi connectivity index (χ1) is 7.75. The lowest BCUT2D eigenvalue weighted by atomic mass is 9.97. The highest BCUT2D eigenvalue weighted by Gasteiger charge is 2.24. The minimum Gasteiger partial charge on any atom is -0.481 e. The zero-order chi connectivity index (χ0) is 11.4. The Hall–Kier alpha value is -1.13. The minimum absolute atomic E-state index is 0. The van der Waals surface area contributed by atoms with Crippen molar-refractivity contribution in [3.63, 3.8) is 0 Å². The van der Waals surface area contributed by atoms with Crippen LogP contribution < -0.4 is 0 Å². The molecule has 4 nitrogen and oxygen atoms in total. The van der Waals surface area contributed by atoms with Crippen LogP contribution in [0.2, 0.25) is 0 Å². The lowest BCUT2D eigenvalue weighted by Crippen LogP contribution is -2.35. The Morgan fingerprint density at radius 3 is 2.47 bits per heavy atom. The van der Waals surface area contributed by atoms with E-state index < -0.39 is 5.97 Å². The molecule has 1 saturated heterocycles. The molecule has 0 saturated carbocycles. The fraction of sp³-hybridized carbons (Fsp3) is 0.500. The molecule has 1 aromatic rings. The van der Waals surface area contributed by atoms with Crippen molar-refractivity contribution in [3.8, 4) is 0 Å². The number of nitrogens with zero attached hydrogens (tertiary/aromatic N) is 2. The van der Waals surface area contributed by atoms with Crippen LogP contribution in [-0.2, 0) is 11.3 Å². The summed E-state index contributed by atoms with van der Waals surface area (Å²) in [4.78, 5) is 17.1. The number of aromatic nitrogens is 1. The molecule has 0 spiro atoms. The molecular weight excluding hydrogens is 240 g/mol. The van der Waals surface area contributed by atoms with Crippen molar-refractivity contribution in [2.75, 3.05) is 13.1 Å². The second kappa shape index (κ2) is 6.57. The second-order valence-corrected chi connectivity index (χ2v) is 4.24. The van der Waals surface area contributed by atoms with Gasteiger partial charge in [-0.15, -0.1) is 12.4 Å². The molecular formula is C12H17ClN2O2. The number of piperidine rings is 1. The number of aliphatic carboxylic acids is 1. The van der Waals surface area contributed by atoms with Crippen LogP contribution in [0.4, 0.5) is 0 Å². The van der Waals surface area contributed by atoms with Crippen molar-refractivity contribution in [3.05, 3.63) is 30.1 Å². The number of likely N-dealkylation sites (tertiary alicyclic amines) is 1. The molecule has 1 aliphatic rings. The first-order valence-electron chi connectivity index (χ1n) is 5.60. The molecule has 17 heavy (non-hydrogen) atoms. The molecule has 0 aromatic carbocycles. The molecule has 94 valence electrons. The van der Waals surface area contributed by atoms with Gasteiger partial charge in [0.2, 0.25) is 0 Å². The Morgan fingerprint density at radius 1 is 1.35 bits per heavy atom. The molecule has 1 aliphatic heterocycles. The van der Waals surface area contributed by atoms with Crippen LogP contribution in [0.1, 0.15) is 18.4 Å². The summed E-state index contributed by atoms with van der Waals surface area (Å²) in [6, 6.07) is 4.01. The van der Waals surface area contributed by atoms with Gasteiger partial charge in [0.05, 0.1) is 5.92 Å². The van der Waals surface area contributed by atoms with E-state index in [1.165, 1.54) is 5.56 Å². The van der Waals surface area contributed by atoms with Gasteiger partial charge >= 0.3 is 5.97 Å². The Labute approximate surface area is 107 Å². The van der Waals surface area contributed by atoms with Gasteiger partial charge in [0.1, 0.15) is 0 Å². The number of carboxylic acid groups (broad SMARTS) is 1. The smallest absolute Gasteiger partial charge is 0.306 e. The van der Waals surface area contributed by atoms with Crippen LogP contribution in [0.15, 0.2) is 24.5 Å². The van der Waals surface area contributed by atoms with E-state index in [1.54, 1.807) is 12.4 Å². The lowest BCUT2D eigenvalue weighted by molar-refractivity contribution is -0.143. The van der Waals surface area contributed by atoms with E-state index in [4.69, 9.17) is 5.11 Å². The second-order valence-electron chi connectivity index (χ2n) is 4.24. The van der Waals surface area contributed by atoms with Crippen molar-refractivity contribution in [2.24, 2.45) is 5.92 Å². The quantitative estimate of drug-likeness (QED) is 0.896. The van der Waals surface area contributed by atoms with Crippen LogP contribution in [0.5, 0.6) is 0 Å². The maximum absolute atomic E-state index is 10.8. The van der Waals surface area contributed by atoms with Crippen LogP contribution in [0.25, 0.3) is 0 Å². The summed E-state index contributed by atoms with van der Waals surface area (Å²) in [6.07, 6.45) is 5.11. The topological polar surface area (TPSA) is 53.4 Å². The number of carbonyl (C=O) groups is 1. The van der Waals surface area contributed by atoms with Crippen molar-refractivity contribution < 1.29 is 9.90 Å². The molecule has 1 fully saturated rings. The summed E-state index contributed by atoms with van der Waals surface area (Å²) in [6.45, 7) is 2.65. The van der Waals surface area contributed by atoms with E-state index in [-0.39, 0.29) is 18.3 Å². The maximum Gasteiger partial charge on any atom is 0.306 e. The third-order valence-electron chi connectivity index (χ3n) is 3.09. The van der Waals surface area contributed by atoms with Gasteiger partial charge in [-0.25, -0.2) is 0 Å². The van der Waals surface area contributed by atoms with Crippen LogP contribution in [-0.4, -0.2) is 34.0 Å². The van der Waals surface area contributed by atoms with Crippen molar-refractivity contribution in [1.82, 2.24) is 9.88 Å². The molecule has 0 atom stereocenters. The normalized spacial score (nSPS) is 17.4. The number of hydrogen-bond donors (Lipinski definition) is 1. The average molecular weight is 257 g/mol. The number of halogens is 1. The third kappa shape index (κ3) is 3.98. The van der Waals surface area contributed by atoms with E-state index in [0.29, 0.717) is 0 Å². The first-order valence-corrected chi connectivity index (χ1v) is 5.60. The van der Waals surface area contributed by atoms with Crippen LogP contribution >= 0.6 is 12.4 Å². The van der Waals surface area contributed by atoms with E-state index >= 15 is 0 Å². The summed E-state index contributed by atoms with van der Waals surface area (Å²) < 4.78 is 0. The molecule has 1 aromatic heterocycles. The van der Waals surface area contributed by atoms with E-state index in [1.807, 2.05) is 12.1 Å². The van der Waals surface area contributed by atoms with Gasteiger partial charge in [-0.05, 0) is 43.6 Å². The van der Waals surface area contributed by atoms with E-state index in [0.717, 1.165) is 32.5 Å². The Morgan fingerprint density at radius 2 is 1.94 bits per heavy atom. The Bertz CT molecular complexity index is 351. The number of pyridine rings is 1. The summed E-state index contributed by atoms with van der Waals surface area (Å²) >= 11 is 0. The molecule has 1 N–H and O–H groups in total. The van der Waals surface area contributed by atoms with Crippen LogP contribution in [0.3, 0.4) is 0 Å². The molecule has 2 rings (SSSR count). The summed E-state index contributed by atoms with van der Waals surface area (Å²) in [5.41, 5.74) is 1.24. The van der Waals surface area contributed by atoms with Gasteiger partial charge in [-0.2, -0.15) is 0 Å². The zero-order valence-corrected chi connectivity index (χ0v) is 10.4. The van der Waals surface area contributed by atoms with Crippen molar-refractivity contribution >= 4 is 18.4 Å². The molecule has 5 heteroatoms. The standard InChI is InChI=1S/C12H16N2O2.ClH/c15-12(16)11-3-7-14(8-4-11)9-10-1-5-13-6-2-10;/h1-2,5-6,11H,3-4,7-9H2,(H,15,16);1H. The highest BCUT2D eigenvalue weighted by molar-refractivity contribution is 5.85. The third-order valence-corrected chi connectivity index (χ3v) is 3.09. The molecule has 0 aliphatic carbocycles. The van der Waals surface area contributed by atoms with Crippen molar-refractivity contribution in [1.29, 1.82) is 0 Å². The predicted octanol–water partition coefficient (Wildman–Crippen LogP) is 1.80. The fourth-order valence-corrected chi connectivity index (χ4v) is 2.08. The van der Waals surface area contributed by atoms with Gasteiger partial charge in [0.15, 0.2) is 0 Å². The van der Waals surface area contributed by atoms with Crippen molar-refractivity contribution in [2.45, 2.75) is 19.4 Å². The van der Waals surface area contributed by atoms with Gasteiger partial charge in [0.25, 0.3) is 0 Å². The zero-order valence-electron chi connectivity index (χ0n) is 9.58. The molecule has 0 amide bonds. The number of carboxylic acids is 1. The summed E-state index contributed by atoms with van der Waals surface area (Å²) in [7, 11) is 0. The number of rotatable bonds is 3. The first kappa shape index (κ1) is 13.9. The Balaban J connectivity index is 0.00000144. The largest absolute Gasteiger partial charge is 0.481 e. The fourth-order valence-electron chi connectivity index (χ4n) is 2.08. The SMILES string of the molecule is Cl.O=C(O)C1CCN(Cc2ccncc2)CC1. The minimum atomic E-state index is -0.649. The van der Waals surface area contributed by atoms with E-state index in [9.17, 15) is 4.79 Å². The molecule has 2 heterocycles. The number of hydrogen-bond acceptors (Lipinski definition) is 3. The monoisotopic (exact) mass is 256 g/mol. The van der Waals surface area contributed by atoms with Gasteiger partial charge in [0, 0.05) is 18.9 Å². The average Bonchev–Trinajstić information content (AvgIpc) is 2.31. The molecule has 0 unspecified atom stereocenters. The summed E-state index contributed by atoms with van der Waals surface area (Å²) in [5, 5.41) is 8.89. The predicted molar refractivity (Wildman–Crippen MR) is 67.1 cm³/mol. The molecule has 0 radical (unpaired) electrons. The lowest BCUT2D eigenvalue weighted by Gasteiger charge is -2.29. The van der Waals surface area contributed by atoms with Gasteiger partial charge in [-0.3, -0.25) is 14.7 Å². The molecule has 0 bridgehead atoms. The van der Waals surface area contributed by atoms with Gasteiger partial charge < -0.3 is 5.11 Å². The highest BCUT2D eigenvalue weighted by Crippen LogP contribution is 2.18.